The van der Waals surface area contributed by atoms with Gasteiger partial charge in [-0.05, 0) is 60.6 Å². The molecule has 1 unspecified atom stereocenters. The summed E-state index contributed by atoms with van der Waals surface area (Å²) >= 11 is 0. The maximum atomic E-state index is 13.4. The number of fused-ring (bicyclic) bond motifs is 2. The van der Waals surface area contributed by atoms with Gasteiger partial charge in [-0.1, -0.05) is 36.4 Å². The minimum atomic E-state index is -0.720. The van der Waals surface area contributed by atoms with E-state index < -0.39 is 17.7 Å². The maximum absolute atomic E-state index is 13.4. The van der Waals surface area contributed by atoms with Crippen molar-refractivity contribution in [1.82, 2.24) is 14.9 Å². The standard InChI is InChI=1S/C29H25N3O3/c33-27(21-12-11-19-7-1-2-8-20(19)14-21)25-26(23-16-31-24-10-4-3-9-22(23)24)32(29(35)28(25)34)17-18-6-5-13-30-15-18/h3-6,9-16,26,31,33H,1-2,7-8,17H2/b27-25+. The molecule has 0 bridgehead atoms. The fourth-order valence-electron chi connectivity index (χ4n) is 5.41. The molecule has 0 radical (unpaired) electrons. The van der Waals surface area contributed by atoms with Crippen LogP contribution in [-0.4, -0.2) is 31.7 Å². The highest BCUT2D eigenvalue weighted by Crippen LogP contribution is 2.43. The molecule has 0 saturated carbocycles. The number of aliphatic hydroxyl groups is 1. The van der Waals surface area contributed by atoms with Gasteiger partial charge in [0.05, 0.1) is 11.6 Å². The molecule has 2 aliphatic rings. The molecule has 1 aliphatic heterocycles. The Hall–Kier alpha value is -4.19. The highest BCUT2D eigenvalue weighted by Gasteiger charge is 2.46. The Balaban J connectivity index is 1.52. The number of rotatable bonds is 4. The first-order valence-corrected chi connectivity index (χ1v) is 12.0. The first kappa shape index (κ1) is 21.4. The van der Waals surface area contributed by atoms with Crippen LogP contribution in [0.25, 0.3) is 16.7 Å². The number of hydrogen-bond donors (Lipinski definition) is 2. The molecule has 174 valence electrons. The molecule has 6 nitrogen and oxygen atoms in total. The van der Waals surface area contributed by atoms with Crippen LogP contribution in [0.15, 0.2) is 78.8 Å². The third kappa shape index (κ3) is 3.62. The number of H-pyrrole nitrogens is 1. The number of hydrogen-bond acceptors (Lipinski definition) is 4. The number of nitrogens with one attached hydrogen (secondary N) is 1. The predicted molar refractivity (Wildman–Crippen MR) is 133 cm³/mol. The van der Waals surface area contributed by atoms with Crippen molar-refractivity contribution in [2.45, 2.75) is 38.3 Å². The number of aliphatic hydroxyl groups excluding tert-OH is 1. The summed E-state index contributed by atoms with van der Waals surface area (Å²) in [6.45, 7) is 0.212. The van der Waals surface area contributed by atoms with E-state index in [2.05, 4.69) is 9.97 Å². The Kier molecular flexibility index (Phi) is 5.21. The highest BCUT2D eigenvalue weighted by molar-refractivity contribution is 6.46. The number of benzene rings is 2. The molecule has 2 aromatic carbocycles. The van der Waals surface area contributed by atoms with E-state index in [0.29, 0.717) is 5.56 Å². The van der Waals surface area contributed by atoms with Gasteiger partial charge in [0, 0.05) is 47.2 Å². The van der Waals surface area contributed by atoms with Crippen molar-refractivity contribution in [2.24, 2.45) is 0 Å². The summed E-state index contributed by atoms with van der Waals surface area (Å²) < 4.78 is 0. The van der Waals surface area contributed by atoms with Gasteiger partial charge >= 0.3 is 0 Å². The summed E-state index contributed by atoms with van der Waals surface area (Å²) in [5.41, 5.74) is 5.69. The first-order chi connectivity index (χ1) is 17.1. The largest absolute Gasteiger partial charge is 0.507 e. The minimum absolute atomic E-state index is 0.124. The number of aryl methyl sites for hydroxylation is 2. The van der Waals surface area contributed by atoms with E-state index in [9.17, 15) is 14.7 Å². The Labute approximate surface area is 202 Å². The molecule has 1 fully saturated rings. The third-order valence-electron chi connectivity index (χ3n) is 7.15. The van der Waals surface area contributed by atoms with E-state index in [1.54, 1.807) is 23.4 Å². The van der Waals surface area contributed by atoms with Crippen LogP contribution in [-0.2, 0) is 29.0 Å². The zero-order chi connectivity index (χ0) is 23.9. The minimum Gasteiger partial charge on any atom is -0.507 e. The van der Waals surface area contributed by atoms with Crippen LogP contribution in [0.1, 0.15) is 46.7 Å². The van der Waals surface area contributed by atoms with Crippen molar-refractivity contribution in [3.05, 3.63) is 107 Å². The maximum Gasteiger partial charge on any atom is 0.295 e. The number of Topliss-reactive ketones (excluding diaryl/α,β-unsaturated/α-hetero) is 1. The summed E-state index contributed by atoms with van der Waals surface area (Å²) in [6.07, 6.45) is 9.46. The monoisotopic (exact) mass is 463 g/mol. The molecule has 0 spiro atoms. The number of pyridine rings is 1. The van der Waals surface area contributed by atoms with E-state index in [1.165, 1.54) is 17.5 Å². The van der Waals surface area contributed by atoms with E-state index in [-0.39, 0.29) is 17.9 Å². The normalized spacial score (nSPS) is 19.3. The van der Waals surface area contributed by atoms with Gasteiger partial charge in [0.25, 0.3) is 11.7 Å². The second kappa shape index (κ2) is 8.55. The molecule has 3 heterocycles. The molecule has 1 atom stereocenters. The zero-order valence-electron chi connectivity index (χ0n) is 19.2. The van der Waals surface area contributed by atoms with Gasteiger partial charge in [0.2, 0.25) is 0 Å². The van der Waals surface area contributed by atoms with Crippen molar-refractivity contribution in [2.75, 3.05) is 0 Å². The average Bonchev–Trinajstić information content (AvgIpc) is 3.43. The van der Waals surface area contributed by atoms with Crippen LogP contribution in [0.2, 0.25) is 0 Å². The van der Waals surface area contributed by atoms with Crippen molar-refractivity contribution < 1.29 is 14.7 Å². The lowest BCUT2D eigenvalue weighted by atomic mass is 9.88. The second-order valence-electron chi connectivity index (χ2n) is 9.27. The molecule has 4 aromatic rings. The summed E-state index contributed by atoms with van der Waals surface area (Å²) in [5.74, 6) is -1.41. The van der Waals surface area contributed by atoms with E-state index in [4.69, 9.17) is 0 Å². The van der Waals surface area contributed by atoms with Gasteiger partial charge in [0.1, 0.15) is 5.76 Å². The van der Waals surface area contributed by atoms with Crippen LogP contribution in [0.3, 0.4) is 0 Å². The van der Waals surface area contributed by atoms with Crippen molar-refractivity contribution >= 4 is 28.4 Å². The van der Waals surface area contributed by atoms with Crippen molar-refractivity contribution in [3.8, 4) is 0 Å². The topological polar surface area (TPSA) is 86.3 Å². The fourth-order valence-corrected chi connectivity index (χ4v) is 5.41. The number of ketones is 1. The summed E-state index contributed by atoms with van der Waals surface area (Å²) in [6, 6.07) is 16.6. The number of carbonyl (C=O) groups excluding carboxylic acids is 2. The van der Waals surface area contributed by atoms with Crippen LogP contribution < -0.4 is 0 Å². The third-order valence-corrected chi connectivity index (χ3v) is 7.15. The molecule has 6 heteroatoms. The lowest BCUT2D eigenvalue weighted by molar-refractivity contribution is -0.140. The number of aromatic nitrogens is 2. The summed E-state index contributed by atoms with van der Waals surface area (Å²) in [4.78, 5) is 35.7. The molecule has 1 amide bonds. The van der Waals surface area contributed by atoms with E-state index in [1.807, 2.05) is 54.7 Å². The Bertz CT molecular complexity index is 1490. The van der Waals surface area contributed by atoms with Gasteiger partial charge < -0.3 is 15.0 Å². The van der Waals surface area contributed by atoms with Gasteiger partial charge in [-0.3, -0.25) is 14.6 Å². The Morgan fingerprint density at radius 2 is 1.86 bits per heavy atom. The first-order valence-electron chi connectivity index (χ1n) is 12.0. The van der Waals surface area contributed by atoms with E-state index >= 15 is 0 Å². The molecule has 35 heavy (non-hydrogen) atoms. The fraction of sp³-hybridized carbons (Fsp3) is 0.207. The molecule has 2 N–H and O–H groups in total. The number of amides is 1. The van der Waals surface area contributed by atoms with Gasteiger partial charge in [-0.15, -0.1) is 0 Å². The summed E-state index contributed by atoms with van der Waals surface area (Å²) in [5, 5.41) is 12.4. The predicted octanol–water partition coefficient (Wildman–Crippen LogP) is 5.06. The SMILES string of the molecule is O=C1C(=O)N(Cc2cccnc2)C(c2c[nH]c3ccccc23)/C1=C(\O)c1ccc2c(c1)CCCC2. The molecule has 6 rings (SSSR count). The smallest absolute Gasteiger partial charge is 0.295 e. The summed E-state index contributed by atoms with van der Waals surface area (Å²) in [7, 11) is 0. The Morgan fingerprint density at radius 3 is 2.69 bits per heavy atom. The van der Waals surface area contributed by atoms with Gasteiger partial charge in [-0.25, -0.2) is 0 Å². The van der Waals surface area contributed by atoms with Crippen molar-refractivity contribution in [1.29, 1.82) is 0 Å². The lowest BCUT2D eigenvalue weighted by Crippen LogP contribution is -2.29. The van der Waals surface area contributed by atoms with Gasteiger partial charge in [0.15, 0.2) is 0 Å². The van der Waals surface area contributed by atoms with Gasteiger partial charge in [-0.2, -0.15) is 0 Å². The molecule has 1 saturated heterocycles. The molecular formula is C29H25N3O3. The van der Waals surface area contributed by atoms with Crippen LogP contribution in [0.4, 0.5) is 0 Å². The quantitative estimate of drug-likeness (QED) is 0.252. The molecule has 2 aromatic heterocycles. The number of aromatic amines is 1. The average molecular weight is 464 g/mol. The zero-order valence-corrected chi connectivity index (χ0v) is 19.2. The second-order valence-corrected chi connectivity index (χ2v) is 9.27. The van der Waals surface area contributed by atoms with Crippen molar-refractivity contribution in [3.63, 3.8) is 0 Å². The number of likely N-dealkylation sites (tertiary alicyclic amines) is 1. The van der Waals surface area contributed by atoms with Crippen LogP contribution >= 0.6 is 0 Å². The highest BCUT2D eigenvalue weighted by atomic mass is 16.3. The number of para-hydroxylation sites is 1. The van der Waals surface area contributed by atoms with Crippen LogP contribution in [0, 0.1) is 0 Å². The number of carbonyl (C=O) groups is 2. The van der Waals surface area contributed by atoms with Crippen LogP contribution in [0.5, 0.6) is 0 Å². The molecule has 1 aliphatic carbocycles. The van der Waals surface area contributed by atoms with E-state index in [0.717, 1.165) is 41.3 Å². The lowest BCUT2D eigenvalue weighted by Gasteiger charge is -2.25. The molecular weight excluding hydrogens is 438 g/mol. The Morgan fingerprint density at radius 1 is 1.03 bits per heavy atom. The number of nitrogens with zero attached hydrogens (tertiary/aromatic N) is 2.